The zero-order valence-electron chi connectivity index (χ0n) is 15.9. The molecule has 0 bridgehead atoms. The maximum Gasteiger partial charge on any atom is 0.416 e. The molecule has 0 saturated heterocycles. The lowest BCUT2D eigenvalue weighted by molar-refractivity contribution is -0.137. The summed E-state index contributed by atoms with van der Waals surface area (Å²) in [6.07, 6.45) is -2.81. The fourth-order valence-corrected chi connectivity index (χ4v) is 2.77. The van der Waals surface area contributed by atoms with E-state index in [4.69, 9.17) is 16.3 Å². The van der Waals surface area contributed by atoms with Crippen molar-refractivity contribution >= 4 is 17.5 Å². The molecular formula is C20H18ClF3N4O2. The molecule has 1 aromatic heterocycles. The van der Waals surface area contributed by atoms with Gasteiger partial charge in [-0.2, -0.15) is 13.2 Å². The number of nitrogens with one attached hydrogen (secondary N) is 1. The Labute approximate surface area is 175 Å². The average Bonchev–Trinajstić information content (AvgIpc) is 3.14. The van der Waals surface area contributed by atoms with Gasteiger partial charge in [-0.1, -0.05) is 28.9 Å². The summed E-state index contributed by atoms with van der Waals surface area (Å²) in [6.45, 7) is 1.78. The molecule has 3 rings (SSSR count). The molecule has 1 heterocycles. The Bertz CT molecular complexity index is 989. The van der Waals surface area contributed by atoms with E-state index >= 15 is 0 Å². The molecule has 1 amide bonds. The first-order chi connectivity index (χ1) is 14.2. The SMILES string of the molecule is C[C@@H](NC(=O)Cn1cc(COc2ccc(Cl)cc2)nn1)c1ccc(C(F)(F)F)cc1. The zero-order valence-corrected chi connectivity index (χ0v) is 16.6. The number of carbonyl (C=O) groups excluding carboxylic acids is 1. The number of ether oxygens (including phenoxy) is 1. The summed E-state index contributed by atoms with van der Waals surface area (Å²) in [5.41, 5.74) is 0.362. The van der Waals surface area contributed by atoms with E-state index in [1.54, 1.807) is 37.4 Å². The van der Waals surface area contributed by atoms with Crippen molar-refractivity contribution < 1.29 is 22.7 Å². The first-order valence-corrected chi connectivity index (χ1v) is 9.32. The van der Waals surface area contributed by atoms with Crippen LogP contribution < -0.4 is 10.1 Å². The van der Waals surface area contributed by atoms with Crippen LogP contribution in [0.25, 0.3) is 0 Å². The topological polar surface area (TPSA) is 69.0 Å². The van der Waals surface area contributed by atoms with Gasteiger partial charge in [0.2, 0.25) is 5.91 Å². The normalized spacial score (nSPS) is 12.4. The van der Waals surface area contributed by atoms with Crippen LogP contribution in [0.5, 0.6) is 5.75 Å². The number of nitrogens with zero attached hydrogens (tertiary/aromatic N) is 3. The van der Waals surface area contributed by atoms with E-state index in [9.17, 15) is 18.0 Å². The molecule has 158 valence electrons. The molecule has 0 spiro atoms. The van der Waals surface area contributed by atoms with Crippen LogP contribution in [0.1, 0.15) is 29.8 Å². The average molecular weight is 439 g/mol. The van der Waals surface area contributed by atoms with Gasteiger partial charge in [0.05, 0.1) is 17.8 Å². The van der Waals surface area contributed by atoms with Crippen molar-refractivity contribution in [1.29, 1.82) is 0 Å². The van der Waals surface area contributed by atoms with Gasteiger partial charge in [0.1, 0.15) is 24.6 Å². The number of halogens is 4. The Kier molecular flexibility index (Phi) is 6.61. The first-order valence-electron chi connectivity index (χ1n) is 8.94. The van der Waals surface area contributed by atoms with Gasteiger partial charge in [0, 0.05) is 5.02 Å². The number of hydrogen-bond acceptors (Lipinski definition) is 4. The van der Waals surface area contributed by atoms with Gasteiger partial charge < -0.3 is 10.1 Å². The van der Waals surface area contributed by atoms with E-state index in [0.29, 0.717) is 22.0 Å². The molecule has 6 nitrogen and oxygen atoms in total. The second kappa shape index (κ2) is 9.17. The summed E-state index contributed by atoms with van der Waals surface area (Å²) in [7, 11) is 0. The molecule has 0 saturated carbocycles. The summed E-state index contributed by atoms with van der Waals surface area (Å²) in [6, 6.07) is 11.1. The quantitative estimate of drug-likeness (QED) is 0.593. The molecule has 0 aliphatic carbocycles. The van der Waals surface area contributed by atoms with Crippen LogP contribution in [0.2, 0.25) is 5.02 Å². The minimum Gasteiger partial charge on any atom is -0.487 e. The summed E-state index contributed by atoms with van der Waals surface area (Å²) in [5, 5.41) is 11.2. The number of carbonyl (C=O) groups is 1. The minimum absolute atomic E-state index is 0.0844. The third-order valence-corrected chi connectivity index (χ3v) is 4.46. The predicted molar refractivity (Wildman–Crippen MR) is 104 cm³/mol. The summed E-state index contributed by atoms with van der Waals surface area (Å²) < 4.78 is 44.9. The Morgan fingerprint density at radius 3 is 2.47 bits per heavy atom. The number of benzene rings is 2. The van der Waals surface area contributed by atoms with Crippen molar-refractivity contribution in [3.8, 4) is 5.75 Å². The van der Waals surface area contributed by atoms with Gasteiger partial charge in [-0.15, -0.1) is 5.10 Å². The molecule has 1 atom stereocenters. The Morgan fingerprint density at radius 2 is 1.83 bits per heavy atom. The van der Waals surface area contributed by atoms with E-state index in [0.717, 1.165) is 12.1 Å². The van der Waals surface area contributed by atoms with Crippen LogP contribution in [0.4, 0.5) is 13.2 Å². The Hall–Kier alpha value is -3.07. The van der Waals surface area contributed by atoms with Gasteiger partial charge in [-0.25, -0.2) is 4.68 Å². The highest BCUT2D eigenvalue weighted by atomic mass is 35.5. The molecule has 0 aliphatic heterocycles. The third kappa shape index (κ3) is 5.96. The first kappa shape index (κ1) is 21.6. The number of rotatable bonds is 7. The highest BCUT2D eigenvalue weighted by Gasteiger charge is 2.30. The molecule has 0 aliphatic rings. The lowest BCUT2D eigenvalue weighted by Crippen LogP contribution is -2.30. The van der Waals surface area contributed by atoms with Gasteiger partial charge in [-0.05, 0) is 48.9 Å². The fraction of sp³-hybridized carbons (Fsp3) is 0.250. The molecule has 0 radical (unpaired) electrons. The van der Waals surface area contributed by atoms with Crippen LogP contribution in [0.15, 0.2) is 54.7 Å². The number of amides is 1. The maximum absolute atomic E-state index is 12.6. The fourth-order valence-electron chi connectivity index (χ4n) is 2.65. The highest BCUT2D eigenvalue weighted by Crippen LogP contribution is 2.29. The van der Waals surface area contributed by atoms with Crippen molar-refractivity contribution in [2.24, 2.45) is 0 Å². The van der Waals surface area contributed by atoms with E-state index in [-0.39, 0.29) is 19.1 Å². The van der Waals surface area contributed by atoms with Gasteiger partial charge >= 0.3 is 6.18 Å². The maximum atomic E-state index is 12.6. The van der Waals surface area contributed by atoms with Gasteiger partial charge in [-0.3, -0.25) is 4.79 Å². The second-order valence-corrected chi connectivity index (χ2v) is 7.00. The minimum atomic E-state index is -4.40. The summed E-state index contributed by atoms with van der Waals surface area (Å²) >= 11 is 5.82. The highest BCUT2D eigenvalue weighted by molar-refractivity contribution is 6.30. The van der Waals surface area contributed by atoms with Crippen LogP contribution in [0, 0.1) is 0 Å². The lowest BCUT2D eigenvalue weighted by atomic mass is 10.1. The molecule has 2 aromatic carbocycles. The second-order valence-electron chi connectivity index (χ2n) is 6.56. The molecular weight excluding hydrogens is 421 g/mol. The molecule has 3 aromatic rings. The molecule has 30 heavy (non-hydrogen) atoms. The summed E-state index contributed by atoms with van der Waals surface area (Å²) in [5.74, 6) is 0.273. The van der Waals surface area contributed by atoms with Crippen LogP contribution in [-0.2, 0) is 24.1 Å². The van der Waals surface area contributed by atoms with E-state index < -0.39 is 17.8 Å². The standard InChI is InChI=1S/C20H18ClF3N4O2/c1-13(14-2-4-15(5-3-14)20(22,23)24)25-19(29)11-28-10-17(26-27-28)12-30-18-8-6-16(21)7-9-18/h2-10,13H,11-12H2,1H3,(H,25,29)/t13-/m1/s1. The van der Waals surface area contributed by atoms with E-state index in [2.05, 4.69) is 15.6 Å². The predicted octanol–water partition coefficient (Wildman–Crippen LogP) is 4.41. The van der Waals surface area contributed by atoms with Crippen molar-refractivity contribution in [3.05, 3.63) is 76.6 Å². The van der Waals surface area contributed by atoms with Crippen molar-refractivity contribution in [2.45, 2.75) is 32.3 Å². The van der Waals surface area contributed by atoms with Crippen LogP contribution in [0.3, 0.4) is 0 Å². The summed E-state index contributed by atoms with van der Waals surface area (Å²) in [4.78, 5) is 12.2. The Balaban J connectivity index is 1.50. The third-order valence-electron chi connectivity index (χ3n) is 4.21. The van der Waals surface area contributed by atoms with E-state index in [1.165, 1.54) is 16.8 Å². The van der Waals surface area contributed by atoms with Crippen LogP contribution >= 0.6 is 11.6 Å². The molecule has 0 fully saturated rings. The van der Waals surface area contributed by atoms with Crippen molar-refractivity contribution in [2.75, 3.05) is 0 Å². The lowest BCUT2D eigenvalue weighted by Gasteiger charge is -2.15. The van der Waals surface area contributed by atoms with E-state index in [1.807, 2.05) is 0 Å². The molecule has 0 unspecified atom stereocenters. The van der Waals surface area contributed by atoms with Crippen molar-refractivity contribution in [1.82, 2.24) is 20.3 Å². The largest absolute Gasteiger partial charge is 0.487 e. The monoisotopic (exact) mass is 438 g/mol. The zero-order chi connectivity index (χ0) is 21.7. The number of aromatic nitrogens is 3. The van der Waals surface area contributed by atoms with Gasteiger partial charge in [0.25, 0.3) is 0 Å². The number of alkyl halides is 3. The van der Waals surface area contributed by atoms with Crippen molar-refractivity contribution in [3.63, 3.8) is 0 Å². The number of hydrogen-bond donors (Lipinski definition) is 1. The van der Waals surface area contributed by atoms with Gasteiger partial charge in [0.15, 0.2) is 0 Å². The molecule has 10 heteroatoms. The smallest absolute Gasteiger partial charge is 0.416 e. The molecule has 1 N–H and O–H groups in total. The van der Waals surface area contributed by atoms with Crippen LogP contribution in [-0.4, -0.2) is 20.9 Å². The Morgan fingerprint density at radius 1 is 1.17 bits per heavy atom.